The summed E-state index contributed by atoms with van der Waals surface area (Å²) in [5, 5.41) is 4.65. The first-order valence-corrected chi connectivity index (χ1v) is 9.84. The zero-order valence-corrected chi connectivity index (χ0v) is 16.5. The highest BCUT2D eigenvalue weighted by Crippen LogP contribution is 2.28. The molecule has 4 rings (SSSR count). The minimum atomic E-state index is -0.216. The van der Waals surface area contributed by atoms with E-state index in [1.165, 1.54) is 0 Å². The molecular formula is C22H23ClN2O3. The Bertz CT molecular complexity index is 965. The molecule has 1 aromatic heterocycles. The fourth-order valence-electron chi connectivity index (χ4n) is 3.60. The summed E-state index contributed by atoms with van der Waals surface area (Å²) < 4.78 is 11.3. The van der Waals surface area contributed by atoms with Crippen LogP contribution >= 0.6 is 11.6 Å². The van der Waals surface area contributed by atoms with Crippen molar-refractivity contribution in [2.75, 3.05) is 32.8 Å². The van der Waals surface area contributed by atoms with E-state index in [1.54, 1.807) is 12.1 Å². The molecule has 1 saturated heterocycles. The van der Waals surface area contributed by atoms with Gasteiger partial charge in [0, 0.05) is 35.6 Å². The Morgan fingerprint density at radius 1 is 1.18 bits per heavy atom. The minimum absolute atomic E-state index is 0.136. The maximum atomic E-state index is 13.1. The molecule has 0 radical (unpaired) electrons. The second-order valence-corrected chi connectivity index (χ2v) is 7.48. The van der Waals surface area contributed by atoms with Gasteiger partial charge < -0.3 is 14.5 Å². The number of furan rings is 1. The van der Waals surface area contributed by atoms with Crippen LogP contribution in [-0.4, -0.2) is 43.7 Å². The van der Waals surface area contributed by atoms with Gasteiger partial charge in [0.25, 0.3) is 5.91 Å². The van der Waals surface area contributed by atoms with Crippen LogP contribution in [0, 0.1) is 6.92 Å². The summed E-state index contributed by atoms with van der Waals surface area (Å²) in [7, 11) is 0. The van der Waals surface area contributed by atoms with Crippen molar-refractivity contribution in [2.24, 2.45) is 0 Å². The van der Waals surface area contributed by atoms with Gasteiger partial charge in [0.2, 0.25) is 0 Å². The van der Waals surface area contributed by atoms with Gasteiger partial charge in [0.15, 0.2) is 5.76 Å². The van der Waals surface area contributed by atoms with Crippen molar-refractivity contribution in [3.05, 3.63) is 70.4 Å². The summed E-state index contributed by atoms with van der Waals surface area (Å²) >= 11 is 6.09. The second-order valence-electron chi connectivity index (χ2n) is 7.05. The van der Waals surface area contributed by atoms with E-state index in [4.69, 9.17) is 20.8 Å². The van der Waals surface area contributed by atoms with E-state index in [2.05, 4.69) is 10.2 Å². The average molecular weight is 399 g/mol. The molecule has 6 heteroatoms. The Balaban J connectivity index is 1.59. The molecule has 1 fully saturated rings. The van der Waals surface area contributed by atoms with Crippen molar-refractivity contribution in [1.29, 1.82) is 0 Å². The van der Waals surface area contributed by atoms with E-state index in [-0.39, 0.29) is 11.9 Å². The summed E-state index contributed by atoms with van der Waals surface area (Å²) in [6.07, 6.45) is 0. The Kier molecular flexibility index (Phi) is 5.67. The topological polar surface area (TPSA) is 54.7 Å². The number of halogens is 1. The highest BCUT2D eigenvalue weighted by Gasteiger charge is 2.24. The lowest BCUT2D eigenvalue weighted by Crippen LogP contribution is -2.43. The zero-order valence-electron chi connectivity index (χ0n) is 15.8. The number of hydrogen-bond acceptors (Lipinski definition) is 4. The first-order valence-electron chi connectivity index (χ1n) is 9.46. The molecule has 0 saturated carbocycles. The number of carbonyl (C=O) groups excluding carboxylic acids is 1. The van der Waals surface area contributed by atoms with Gasteiger partial charge in [0.1, 0.15) is 5.58 Å². The molecule has 1 aliphatic rings. The Hall–Kier alpha value is -2.34. The molecule has 146 valence electrons. The van der Waals surface area contributed by atoms with Crippen LogP contribution in [0.3, 0.4) is 0 Å². The molecule has 5 nitrogen and oxygen atoms in total. The quantitative estimate of drug-likeness (QED) is 0.699. The summed E-state index contributed by atoms with van der Waals surface area (Å²) in [5.41, 5.74) is 2.53. The number of fused-ring (bicyclic) bond motifs is 1. The summed E-state index contributed by atoms with van der Waals surface area (Å²) in [6.45, 7) is 5.78. The summed E-state index contributed by atoms with van der Waals surface area (Å²) in [5.74, 6) is 0.118. The third-order valence-corrected chi connectivity index (χ3v) is 5.39. The lowest BCUT2D eigenvalue weighted by atomic mass is 10.1. The third-order valence-electron chi connectivity index (χ3n) is 5.16. The number of benzene rings is 2. The molecule has 1 N–H and O–H groups in total. The Morgan fingerprint density at radius 3 is 2.68 bits per heavy atom. The van der Waals surface area contributed by atoms with Gasteiger partial charge in [-0.2, -0.15) is 0 Å². The van der Waals surface area contributed by atoms with E-state index in [0.717, 1.165) is 49.4 Å². The van der Waals surface area contributed by atoms with E-state index in [0.29, 0.717) is 16.4 Å². The van der Waals surface area contributed by atoms with Crippen LogP contribution < -0.4 is 5.32 Å². The number of morpholine rings is 1. The SMILES string of the molecule is Cc1c(C(=O)NC(CN2CCOCC2)c2ccccc2)oc2ccc(Cl)cc12. The smallest absolute Gasteiger partial charge is 0.287 e. The van der Waals surface area contributed by atoms with Gasteiger partial charge in [-0.05, 0) is 30.7 Å². The molecular weight excluding hydrogens is 376 g/mol. The van der Waals surface area contributed by atoms with Crippen LogP contribution in [0.25, 0.3) is 11.0 Å². The van der Waals surface area contributed by atoms with Crippen molar-refractivity contribution in [1.82, 2.24) is 10.2 Å². The Labute approximate surface area is 169 Å². The van der Waals surface area contributed by atoms with Gasteiger partial charge in [0.05, 0.1) is 19.3 Å². The van der Waals surface area contributed by atoms with Crippen LogP contribution in [0.5, 0.6) is 0 Å². The van der Waals surface area contributed by atoms with Crippen molar-refractivity contribution in [3.8, 4) is 0 Å². The van der Waals surface area contributed by atoms with Crippen LogP contribution in [0.2, 0.25) is 5.02 Å². The standard InChI is InChI=1S/C22H23ClN2O3/c1-15-18-13-17(23)7-8-20(18)28-21(15)22(26)24-19(16-5-3-2-4-6-16)14-25-9-11-27-12-10-25/h2-8,13,19H,9-12,14H2,1H3,(H,24,26). The molecule has 1 amide bonds. The van der Waals surface area contributed by atoms with E-state index < -0.39 is 0 Å². The molecule has 3 aromatic rings. The lowest BCUT2D eigenvalue weighted by Gasteiger charge is -2.31. The van der Waals surface area contributed by atoms with Gasteiger partial charge >= 0.3 is 0 Å². The van der Waals surface area contributed by atoms with Crippen molar-refractivity contribution >= 4 is 28.5 Å². The zero-order chi connectivity index (χ0) is 19.5. The van der Waals surface area contributed by atoms with E-state index >= 15 is 0 Å². The molecule has 2 heterocycles. The predicted octanol–water partition coefficient (Wildman–Crippen LogP) is 4.20. The number of nitrogens with one attached hydrogen (secondary N) is 1. The highest BCUT2D eigenvalue weighted by molar-refractivity contribution is 6.31. The molecule has 1 aliphatic heterocycles. The number of aryl methyl sites for hydroxylation is 1. The molecule has 0 spiro atoms. The van der Waals surface area contributed by atoms with Gasteiger partial charge in [-0.1, -0.05) is 41.9 Å². The number of amides is 1. The van der Waals surface area contributed by atoms with Crippen LogP contribution in [0.4, 0.5) is 0 Å². The Morgan fingerprint density at radius 2 is 1.93 bits per heavy atom. The van der Waals surface area contributed by atoms with Crippen LogP contribution in [0.15, 0.2) is 52.9 Å². The average Bonchev–Trinajstić information content (AvgIpc) is 3.05. The summed E-state index contributed by atoms with van der Waals surface area (Å²) in [4.78, 5) is 15.4. The molecule has 1 atom stereocenters. The van der Waals surface area contributed by atoms with Gasteiger partial charge in [-0.3, -0.25) is 9.69 Å². The van der Waals surface area contributed by atoms with Crippen molar-refractivity contribution < 1.29 is 13.9 Å². The van der Waals surface area contributed by atoms with E-state index in [1.807, 2.05) is 43.3 Å². The number of carbonyl (C=O) groups is 1. The van der Waals surface area contributed by atoms with Gasteiger partial charge in [-0.15, -0.1) is 0 Å². The normalized spacial score (nSPS) is 16.2. The van der Waals surface area contributed by atoms with Gasteiger partial charge in [-0.25, -0.2) is 0 Å². The summed E-state index contributed by atoms with van der Waals surface area (Å²) in [6, 6.07) is 15.3. The van der Waals surface area contributed by atoms with Crippen LogP contribution in [-0.2, 0) is 4.74 Å². The third kappa shape index (κ3) is 4.07. The number of ether oxygens (including phenoxy) is 1. The molecule has 1 unspecified atom stereocenters. The van der Waals surface area contributed by atoms with E-state index in [9.17, 15) is 4.79 Å². The predicted molar refractivity (Wildman–Crippen MR) is 110 cm³/mol. The maximum Gasteiger partial charge on any atom is 0.287 e. The number of hydrogen-bond donors (Lipinski definition) is 1. The fourth-order valence-corrected chi connectivity index (χ4v) is 3.77. The number of nitrogens with zero attached hydrogens (tertiary/aromatic N) is 1. The van der Waals surface area contributed by atoms with Crippen molar-refractivity contribution in [2.45, 2.75) is 13.0 Å². The second kappa shape index (κ2) is 8.35. The van der Waals surface area contributed by atoms with Crippen LogP contribution in [0.1, 0.15) is 27.7 Å². The minimum Gasteiger partial charge on any atom is -0.451 e. The first kappa shape index (κ1) is 19.0. The molecule has 28 heavy (non-hydrogen) atoms. The number of rotatable bonds is 5. The maximum absolute atomic E-state index is 13.1. The first-order chi connectivity index (χ1) is 13.6. The molecule has 2 aromatic carbocycles. The molecule has 0 bridgehead atoms. The van der Waals surface area contributed by atoms with Crippen molar-refractivity contribution in [3.63, 3.8) is 0 Å². The monoisotopic (exact) mass is 398 g/mol. The molecule has 0 aliphatic carbocycles. The largest absolute Gasteiger partial charge is 0.451 e. The fraction of sp³-hybridized carbons (Fsp3) is 0.318. The lowest BCUT2D eigenvalue weighted by molar-refractivity contribution is 0.0331. The highest BCUT2D eigenvalue weighted by atomic mass is 35.5.